The van der Waals surface area contributed by atoms with E-state index in [4.69, 9.17) is 11.6 Å². The SMILES string of the molecule is C=CCn1c(SCC(O)CCl)nc2c1c(=O)[nH]c(=O)n2C. The minimum absolute atomic E-state index is 0.119. The topological polar surface area (TPSA) is 92.9 Å². The van der Waals surface area contributed by atoms with E-state index in [9.17, 15) is 14.7 Å². The first-order valence-corrected chi connectivity index (χ1v) is 7.68. The number of allylic oxidation sites excluding steroid dienone is 1. The third-order valence-corrected chi connectivity index (χ3v) is 4.34. The van der Waals surface area contributed by atoms with Gasteiger partial charge in [-0.05, 0) is 0 Å². The van der Waals surface area contributed by atoms with E-state index in [0.29, 0.717) is 28.6 Å². The largest absolute Gasteiger partial charge is 0.391 e. The standard InChI is InChI=1S/C12H15ClN4O3S/c1-3-4-17-8-9(16(2)11(20)15-10(8)19)14-12(17)21-6-7(18)5-13/h3,7,18H,1,4-6H2,2H3,(H,15,19,20). The second kappa shape index (κ2) is 6.50. The molecule has 0 radical (unpaired) electrons. The lowest BCUT2D eigenvalue weighted by Gasteiger charge is -2.07. The smallest absolute Gasteiger partial charge is 0.329 e. The van der Waals surface area contributed by atoms with Gasteiger partial charge in [0.25, 0.3) is 5.56 Å². The molecule has 2 N–H and O–H groups in total. The first-order chi connectivity index (χ1) is 9.99. The van der Waals surface area contributed by atoms with Crippen LogP contribution in [0.3, 0.4) is 0 Å². The second-order valence-corrected chi connectivity index (χ2v) is 5.70. The maximum atomic E-state index is 12.0. The van der Waals surface area contributed by atoms with Crippen LogP contribution in [0.15, 0.2) is 27.4 Å². The van der Waals surface area contributed by atoms with Crippen LogP contribution in [-0.2, 0) is 13.6 Å². The van der Waals surface area contributed by atoms with Gasteiger partial charge in [0.15, 0.2) is 16.3 Å². The second-order valence-electron chi connectivity index (χ2n) is 4.40. The highest BCUT2D eigenvalue weighted by atomic mass is 35.5. The fraction of sp³-hybridized carbons (Fsp3) is 0.417. The summed E-state index contributed by atoms with van der Waals surface area (Å²) in [6, 6.07) is 0. The average molecular weight is 331 g/mol. The molecule has 114 valence electrons. The third kappa shape index (κ3) is 3.07. The zero-order valence-electron chi connectivity index (χ0n) is 11.4. The van der Waals surface area contributed by atoms with Crippen LogP contribution in [0.25, 0.3) is 11.2 Å². The minimum Gasteiger partial charge on any atom is -0.391 e. The van der Waals surface area contributed by atoms with E-state index >= 15 is 0 Å². The highest BCUT2D eigenvalue weighted by Crippen LogP contribution is 2.22. The molecular formula is C12H15ClN4O3S. The number of rotatable bonds is 6. The van der Waals surface area contributed by atoms with Crippen molar-refractivity contribution in [2.75, 3.05) is 11.6 Å². The molecule has 7 nitrogen and oxygen atoms in total. The van der Waals surface area contributed by atoms with Gasteiger partial charge < -0.3 is 9.67 Å². The molecule has 2 heterocycles. The Hall–Kier alpha value is -1.51. The molecule has 0 aromatic carbocycles. The van der Waals surface area contributed by atoms with Gasteiger partial charge in [0.05, 0.1) is 6.10 Å². The van der Waals surface area contributed by atoms with Crippen molar-refractivity contribution in [1.29, 1.82) is 0 Å². The van der Waals surface area contributed by atoms with Crippen LogP contribution in [0, 0.1) is 0 Å². The van der Waals surface area contributed by atoms with Crippen molar-refractivity contribution in [3.63, 3.8) is 0 Å². The lowest BCUT2D eigenvalue weighted by atomic mass is 10.5. The fourth-order valence-corrected chi connectivity index (χ4v) is 3.01. The number of aliphatic hydroxyl groups is 1. The summed E-state index contributed by atoms with van der Waals surface area (Å²) in [5.41, 5.74) is -0.409. The molecule has 0 saturated heterocycles. The number of imidazole rings is 1. The number of alkyl halides is 1. The quantitative estimate of drug-likeness (QED) is 0.451. The summed E-state index contributed by atoms with van der Waals surface area (Å²) >= 11 is 6.83. The molecule has 0 aliphatic heterocycles. The van der Waals surface area contributed by atoms with Crippen LogP contribution < -0.4 is 11.2 Å². The van der Waals surface area contributed by atoms with Gasteiger partial charge in [0.2, 0.25) is 0 Å². The molecule has 1 atom stereocenters. The summed E-state index contributed by atoms with van der Waals surface area (Å²) in [6.45, 7) is 4.03. The van der Waals surface area contributed by atoms with Gasteiger partial charge in [-0.25, -0.2) is 9.78 Å². The molecule has 0 aliphatic rings. The average Bonchev–Trinajstić information content (AvgIpc) is 2.82. The number of aliphatic hydroxyl groups excluding tert-OH is 1. The summed E-state index contributed by atoms with van der Waals surface area (Å²) in [6.07, 6.45) is 0.962. The van der Waals surface area contributed by atoms with E-state index in [0.717, 1.165) is 0 Å². The molecule has 0 fully saturated rings. The lowest BCUT2D eigenvalue weighted by Crippen LogP contribution is -2.29. The molecule has 0 aliphatic carbocycles. The van der Waals surface area contributed by atoms with Crippen LogP contribution in [0.4, 0.5) is 0 Å². The monoisotopic (exact) mass is 330 g/mol. The Labute approximate surface area is 129 Å². The number of aromatic nitrogens is 4. The Kier molecular flexibility index (Phi) is 4.92. The predicted octanol–water partition coefficient (Wildman–Crippen LogP) is 0.301. The summed E-state index contributed by atoms with van der Waals surface area (Å²) in [5, 5.41) is 10.1. The number of nitrogens with one attached hydrogen (secondary N) is 1. The molecular weight excluding hydrogens is 316 g/mol. The Bertz CT molecular complexity index is 779. The van der Waals surface area contributed by atoms with Gasteiger partial charge >= 0.3 is 5.69 Å². The van der Waals surface area contributed by atoms with E-state index in [-0.39, 0.29) is 5.88 Å². The van der Waals surface area contributed by atoms with Crippen LogP contribution in [-0.4, -0.2) is 41.9 Å². The number of H-pyrrole nitrogens is 1. The van der Waals surface area contributed by atoms with Crippen molar-refractivity contribution in [1.82, 2.24) is 19.1 Å². The number of hydrogen-bond acceptors (Lipinski definition) is 5. The Morgan fingerprint density at radius 3 is 2.90 bits per heavy atom. The first-order valence-electron chi connectivity index (χ1n) is 6.16. The Morgan fingerprint density at radius 2 is 2.29 bits per heavy atom. The molecule has 9 heteroatoms. The number of aromatic amines is 1. The molecule has 0 saturated carbocycles. The van der Waals surface area contributed by atoms with Crippen molar-refractivity contribution in [3.05, 3.63) is 33.5 Å². The molecule has 2 aromatic heterocycles. The van der Waals surface area contributed by atoms with Gasteiger partial charge in [0.1, 0.15) is 0 Å². The maximum absolute atomic E-state index is 12.0. The summed E-state index contributed by atoms with van der Waals surface area (Å²) in [7, 11) is 1.54. The zero-order valence-corrected chi connectivity index (χ0v) is 12.9. The number of fused-ring (bicyclic) bond motifs is 1. The number of aryl methyl sites for hydroxylation is 1. The molecule has 1 unspecified atom stereocenters. The van der Waals surface area contributed by atoms with Crippen molar-refractivity contribution < 1.29 is 5.11 Å². The molecule has 21 heavy (non-hydrogen) atoms. The highest BCUT2D eigenvalue weighted by molar-refractivity contribution is 7.99. The van der Waals surface area contributed by atoms with Gasteiger partial charge in [-0.3, -0.25) is 14.3 Å². The molecule has 0 spiro atoms. The number of halogens is 1. The zero-order chi connectivity index (χ0) is 15.6. The predicted molar refractivity (Wildman–Crippen MR) is 83.2 cm³/mol. The van der Waals surface area contributed by atoms with Crippen molar-refractivity contribution in [3.8, 4) is 0 Å². The third-order valence-electron chi connectivity index (χ3n) is 2.87. The van der Waals surface area contributed by atoms with E-state index in [1.807, 2.05) is 0 Å². The van der Waals surface area contributed by atoms with Crippen molar-refractivity contribution in [2.45, 2.75) is 17.8 Å². The van der Waals surface area contributed by atoms with Crippen LogP contribution in [0.5, 0.6) is 0 Å². The fourth-order valence-electron chi connectivity index (χ4n) is 1.84. The van der Waals surface area contributed by atoms with E-state index in [1.54, 1.807) is 10.6 Å². The van der Waals surface area contributed by atoms with Gasteiger partial charge in [-0.1, -0.05) is 17.8 Å². The maximum Gasteiger partial charge on any atom is 0.329 e. The van der Waals surface area contributed by atoms with Crippen LogP contribution in [0.2, 0.25) is 0 Å². The summed E-state index contributed by atoms with van der Waals surface area (Å²) < 4.78 is 2.94. The number of nitrogens with zero attached hydrogens (tertiary/aromatic N) is 3. The minimum atomic E-state index is -0.671. The highest BCUT2D eigenvalue weighted by Gasteiger charge is 2.17. The summed E-state index contributed by atoms with van der Waals surface area (Å²) in [5.74, 6) is 0.462. The van der Waals surface area contributed by atoms with Gasteiger partial charge in [0, 0.05) is 25.2 Å². The van der Waals surface area contributed by atoms with E-state index < -0.39 is 17.4 Å². The lowest BCUT2D eigenvalue weighted by molar-refractivity contribution is 0.223. The molecule has 2 rings (SSSR count). The Balaban J connectivity index is 2.59. The Morgan fingerprint density at radius 1 is 1.57 bits per heavy atom. The van der Waals surface area contributed by atoms with Gasteiger partial charge in [-0.15, -0.1) is 18.2 Å². The van der Waals surface area contributed by atoms with Gasteiger partial charge in [-0.2, -0.15) is 0 Å². The normalized spacial score (nSPS) is 12.7. The van der Waals surface area contributed by atoms with E-state index in [1.165, 1.54) is 23.4 Å². The summed E-state index contributed by atoms with van der Waals surface area (Å²) in [4.78, 5) is 30.2. The molecule has 0 bridgehead atoms. The van der Waals surface area contributed by atoms with Crippen LogP contribution >= 0.6 is 23.4 Å². The van der Waals surface area contributed by atoms with Crippen LogP contribution in [0.1, 0.15) is 0 Å². The van der Waals surface area contributed by atoms with Crippen molar-refractivity contribution in [2.24, 2.45) is 7.05 Å². The van der Waals surface area contributed by atoms with Crippen molar-refractivity contribution >= 4 is 34.5 Å². The van der Waals surface area contributed by atoms with E-state index in [2.05, 4.69) is 16.5 Å². The first kappa shape index (κ1) is 15.9. The number of hydrogen-bond donors (Lipinski definition) is 2. The number of thioether (sulfide) groups is 1. The molecule has 0 amide bonds. The molecule has 2 aromatic rings.